The minimum absolute atomic E-state index is 0.177. The number of aromatic amines is 1. The van der Waals surface area contributed by atoms with Gasteiger partial charge in [-0.1, -0.05) is 0 Å². The monoisotopic (exact) mass is 225 g/mol. The number of carboxylic acid groups (broad SMARTS) is 1. The van der Waals surface area contributed by atoms with Crippen LogP contribution in [0.3, 0.4) is 0 Å². The van der Waals surface area contributed by atoms with Crippen LogP contribution in [0.25, 0.3) is 0 Å². The predicted molar refractivity (Wildman–Crippen MR) is 56.7 cm³/mol. The average Bonchev–Trinajstić information content (AvgIpc) is 2.68. The molecule has 1 heterocycles. The van der Waals surface area contributed by atoms with E-state index in [-0.39, 0.29) is 12.3 Å². The maximum absolute atomic E-state index is 11.5. The van der Waals surface area contributed by atoms with E-state index in [1.807, 2.05) is 0 Å². The highest BCUT2D eigenvalue weighted by atomic mass is 16.4. The summed E-state index contributed by atoms with van der Waals surface area (Å²) in [5, 5.41) is 17.8. The summed E-state index contributed by atoms with van der Waals surface area (Å²) in [4.78, 5) is 22.2. The summed E-state index contributed by atoms with van der Waals surface area (Å²) >= 11 is 0. The molecule has 1 rings (SSSR count). The number of carboxylic acids is 1. The summed E-state index contributed by atoms with van der Waals surface area (Å²) in [6.07, 6.45) is 1.74. The summed E-state index contributed by atoms with van der Waals surface area (Å²) in [6, 6.07) is 1.30. The second kappa shape index (κ2) is 5.29. The van der Waals surface area contributed by atoms with Crippen LogP contribution in [0.1, 0.15) is 19.5 Å². The number of amides is 1. The Balaban J connectivity index is 2.42. The van der Waals surface area contributed by atoms with Crippen molar-refractivity contribution >= 4 is 11.9 Å². The van der Waals surface area contributed by atoms with Crippen LogP contribution >= 0.6 is 0 Å². The fourth-order valence-corrected chi connectivity index (χ4v) is 1.20. The van der Waals surface area contributed by atoms with E-state index in [4.69, 9.17) is 5.11 Å². The fraction of sp³-hybridized carbons (Fsp3) is 0.500. The molecule has 2 unspecified atom stereocenters. The van der Waals surface area contributed by atoms with Gasteiger partial charge in [0.15, 0.2) is 0 Å². The molecule has 1 aromatic rings. The van der Waals surface area contributed by atoms with Gasteiger partial charge in [0.2, 0.25) is 5.91 Å². The van der Waals surface area contributed by atoms with Crippen LogP contribution in [0.2, 0.25) is 0 Å². The van der Waals surface area contributed by atoms with Crippen LogP contribution < -0.4 is 5.32 Å². The summed E-state index contributed by atoms with van der Waals surface area (Å²) in [6.45, 7) is 3.23. The van der Waals surface area contributed by atoms with Crippen molar-refractivity contribution in [3.05, 3.63) is 18.0 Å². The fourth-order valence-electron chi connectivity index (χ4n) is 1.20. The third-order valence-electron chi connectivity index (χ3n) is 2.44. The van der Waals surface area contributed by atoms with E-state index >= 15 is 0 Å². The van der Waals surface area contributed by atoms with Crippen LogP contribution in [-0.4, -0.2) is 33.2 Å². The SMILES string of the molecule is CC(NC(=O)Cc1ccn[nH]1)C(C)C(=O)O. The van der Waals surface area contributed by atoms with Crippen molar-refractivity contribution in [3.63, 3.8) is 0 Å². The molecule has 0 bridgehead atoms. The van der Waals surface area contributed by atoms with Crippen LogP contribution in [-0.2, 0) is 16.0 Å². The highest BCUT2D eigenvalue weighted by molar-refractivity contribution is 5.79. The van der Waals surface area contributed by atoms with Gasteiger partial charge in [-0.15, -0.1) is 0 Å². The molecule has 0 spiro atoms. The molecule has 1 amide bonds. The lowest BCUT2D eigenvalue weighted by molar-refractivity contribution is -0.142. The van der Waals surface area contributed by atoms with Crippen molar-refractivity contribution in [2.45, 2.75) is 26.3 Å². The van der Waals surface area contributed by atoms with Gasteiger partial charge in [0.05, 0.1) is 12.3 Å². The molecule has 88 valence electrons. The molecule has 6 heteroatoms. The molecule has 3 N–H and O–H groups in total. The second-order valence-corrected chi connectivity index (χ2v) is 3.74. The largest absolute Gasteiger partial charge is 0.481 e. The van der Waals surface area contributed by atoms with E-state index in [1.54, 1.807) is 26.1 Å². The van der Waals surface area contributed by atoms with Crippen LogP contribution in [0.4, 0.5) is 0 Å². The average molecular weight is 225 g/mol. The molecule has 0 aliphatic carbocycles. The molecule has 0 saturated heterocycles. The molecule has 0 aromatic carbocycles. The molecule has 2 atom stereocenters. The Morgan fingerprint density at radius 1 is 1.56 bits per heavy atom. The topological polar surface area (TPSA) is 95.1 Å². The lowest BCUT2D eigenvalue weighted by Crippen LogP contribution is -2.40. The van der Waals surface area contributed by atoms with Gasteiger partial charge < -0.3 is 10.4 Å². The third-order valence-corrected chi connectivity index (χ3v) is 2.44. The maximum Gasteiger partial charge on any atom is 0.308 e. The number of hydrogen-bond donors (Lipinski definition) is 3. The Kier molecular flexibility index (Phi) is 4.04. The molecule has 0 aliphatic rings. The summed E-state index contributed by atoms with van der Waals surface area (Å²) in [5.41, 5.74) is 0.702. The molecule has 0 saturated carbocycles. The van der Waals surface area contributed by atoms with Gasteiger partial charge in [-0.25, -0.2) is 0 Å². The summed E-state index contributed by atoms with van der Waals surface area (Å²) in [5.74, 6) is -1.75. The van der Waals surface area contributed by atoms with Crippen molar-refractivity contribution in [2.24, 2.45) is 5.92 Å². The van der Waals surface area contributed by atoms with Gasteiger partial charge in [0.25, 0.3) is 0 Å². The van der Waals surface area contributed by atoms with Crippen molar-refractivity contribution < 1.29 is 14.7 Å². The first-order valence-corrected chi connectivity index (χ1v) is 5.01. The van der Waals surface area contributed by atoms with Crippen molar-refractivity contribution in [1.82, 2.24) is 15.5 Å². The van der Waals surface area contributed by atoms with Crippen LogP contribution in [0.15, 0.2) is 12.3 Å². The van der Waals surface area contributed by atoms with Gasteiger partial charge >= 0.3 is 5.97 Å². The minimum Gasteiger partial charge on any atom is -0.481 e. The zero-order valence-electron chi connectivity index (χ0n) is 9.23. The molecule has 0 aliphatic heterocycles. The predicted octanol–water partition coefficient (Wildman–Crippen LogP) is 0.178. The number of hydrogen-bond acceptors (Lipinski definition) is 3. The molecular weight excluding hydrogens is 210 g/mol. The molecule has 6 nitrogen and oxygen atoms in total. The van der Waals surface area contributed by atoms with E-state index in [0.29, 0.717) is 5.69 Å². The smallest absolute Gasteiger partial charge is 0.308 e. The number of aliphatic carboxylic acids is 1. The standard InChI is InChI=1S/C10H15N3O3/c1-6(10(15)16)7(2)12-9(14)5-8-3-4-11-13-8/h3-4,6-7H,5H2,1-2H3,(H,11,13)(H,12,14)(H,15,16). The van der Waals surface area contributed by atoms with Crippen molar-refractivity contribution in [2.75, 3.05) is 0 Å². The third kappa shape index (κ3) is 3.38. The van der Waals surface area contributed by atoms with E-state index < -0.39 is 17.9 Å². The Morgan fingerprint density at radius 3 is 2.75 bits per heavy atom. The van der Waals surface area contributed by atoms with Crippen LogP contribution in [0, 0.1) is 5.92 Å². The van der Waals surface area contributed by atoms with Crippen molar-refractivity contribution in [3.8, 4) is 0 Å². The normalized spacial score (nSPS) is 14.1. The number of carbonyl (C=O) groups excluding carboxylic acids is 1. The quantitative estimate of drug-likeness (QED) is 0.666. The van der Waals surface area contributed by atoms with E-state index in [2.05, 4.69) is 15.5 Å². The molecule has 0 radical (unpaired) electrons. The number of aromatic nitrogens is 2. The zero-order valence-corrected chi connectivity index (χ0v) is 9.23. The van der Waals surface area contributed by atoms with E-state index in [0.717, 1.165) is 0 Å². The van der Waals surface area contributed by atoms with E-state index in [1.165, 1.54) is 0 Å². The Bertz CT molecular complexity index is 361. The first kappa shape index (κ1) is 12.2. The van der Waals surface area contributed by atoms with Crippen molar-refractivity contribution in [1.29, 1.82) is 0 Å². The molecular formula is C10H15N3O3. The lowest BCUT2D eigenvalue weighted by Gasteiger charge is -2.17. The van der Waals surface area contributed by atoms with E-state index in [9.17, 15) is 9.59 Å². The van der Waals surface area contributed by atoms with Gasteiger partial charge in [0, 0.05) is 17.9 Å². The molecule has 0 fully saturated rings. The highest BCUT2D eigenvalue weighted by Crippen LogP contribution is 2.03. The number of carbonyl (C=O) groups is 2. The number of rotatable bonds is 5. The Morgan fingerprint density at radius 2 is 2.25 bits per heavy atom. The zero-order chi connectivity index (χ0) is 12.1. The first-order valence-electron chi connectivity index (χ1n) is 5.01. The summed E-state index contributed by atoms with van der Waals surface area (Å²) in [7, 11) is 0. The maximum atomic E-state index is 11.5. The van der Waals surface area contributed by atoms with Crippen LogP contribution in [0.5, 0.6) is 0 Å². The first-order chi connectivity index (χ1) is 7.50. The molecule has 16 heavy (non-hydrogen) atoms. The Hall–Kier alpha value is -1.85. The summed E-state index contributed by atoms with van der Waals surface area (Å²) < 4.78 is 0. The number of nitrogens with zero attached hydrogens (tertiary/aromatic N) is 1. The van der Waals surface area contributed by atoms with Gasteiger partial charge in [-0.05, 0) is 19.9 Å². The highest BCUT2D eigenvalue weighted by Gasteiger charge is 2.20. The minimum atomic E-state index is -0.922. The lowest BCUT2D eigenvalue weighted by atomic mass is 10.0. The van der Waals surface area contributed by atoms with Gasteiger partial charge in [-0.3, -0.25) is 14.7 Å². The second-order valence-electron chi connectivity index (χ2n) is 3.74. The van der Waals surface area contributed by atoms with Gasteiger partial charge in [-0.2, -0.15) is 5.10 Å². The number of nitrogens with one attached hydrogen (secondary N) is 2. The Labute approximate surface area is 93.1 Å². The molecule has 1 aromatic heterocycles. The van der Waals surface area contributed by atoms with Gasteiger partial charge in [0.1, 0.15) is 0 Å². The number of H-pyrrole nitrogens is 1.